The minimum Gasteiger partial charge on any atom is -0.363 e. The monoisotopic (exact) mass is 213 g/mol. The van der Waals surface area contributed by atoms with Gasteiger partial charge in [-0.1, -0.05) is 12.1 Å². The highest BCUT2D eigenvalue weighted by molar-refractivity contribution is 5.44. The van der Waals surface area contributed by atoms with E-state index in [0.717, 1.165) is 16.9 Å². The highest BCUT2D eigenvalue weighted by Gasteiger charge is 2.06. The van der Waals surface area contributed by atoms with Crippen molar-refractivity contribution in [2.24, 2.45) is 0 Å². The summed E-state index contributed by atoms with van der Waals surface area (Å²) in [7, 11) is 0. The van der Waals surface area contributed by atoms with Crippen LogP contribution in [0.25, 0.3) is 0 Å². The Hall–Kier alpha value is -1.90. The first-order valence-electron chi connectivity index (χ1n) is 5.35. The fraction of sp³-hybridized carbons (Fsp3) is 0.231. The zero-order chi connectivity index (χ0) is 11.4. The highest BCUT2D eigenvalue weighted by atomic mass is 15.0. The maximum absolute atomic E-state index is 4.31. The molecule has 0 bridgehead atoms. The van der Waals surface area contributed by atoms with E-state index >= 15 is 0 Å². The summed E-state index contributed by atoms with van der Waals surface area (Å²) >= 11 is 0. The van der Waals surface area contributed by atoms with Crippen molar-refractivity contribution >= 4 is 5.82 Å². The van der Waals surface area contributed by atoms with Gasteiger partial charge in [-0.05, 0) is 37.1 Å². The second-order valence-corrected chi connectivity index (χ2v) is 3.82. The fourth-order valence-electron chi connectivity index (χ4n) is 1.56. The average molecular weight is 213 g/mol. The van der Waals surface area contributed by atoms with Crippen LogP contribution >= 0.6 is 0 Å². The molecule has 2 aromatic heterocycles. The van der Waals surface area contributed by atoms with E-state index in [1.807, 2.05) is 31.3 Å². The number of aryl methyl sites for hydroxylation is 1. The lowest BCUT2D eigenvalue weighted by atomic mass is 10.1. The molecule has 0 spiro atoms. The lowest BCUT2D eigenvalue weighted by Gasteiger charge is -2.15. The van der Waals surface area contributed by atoms with E-state index in [-0.39, 0.29) is 6.04 Å². The van der Waals surface area contributed by atoms with Crippen LogP contribution in [0.5, 0.6) is 0 Å². The molecule has 0 aromatic carbocycles. The van der Waals surface area contributed by atoms with Crippen molar-refractivity contribution in [1.82, 2.24) is 9.97 Å². The van der Waals surface area contributed by atoms with Crippen LogP contribution in [0.2, 0.25) is 0 Å². The number of anilines is 1. The third-order valence-electron chi connectivity index (χ3n) is 2.55. The second kappa shape index (κ2) is 4.75. The van der Waals surface area contributed by atoms with E-state index in [0.29, 0.717) is 0 Å². The van der Waals surface area contributed by atoms with Crippen LogP contribution in [0.15, 0.2) is 42.9 Å². The lowest BCUT2D eigenvalue weighted by molar-refractivity contribution is 0.863. The van der Waals surface area contributed by atoms with Crippen molar-refractivity contribution in [3.8, 4) is 0 Å². The van der Waals surface area contributed by atoms with Gasteiger partial charge in [-0.3, -0.25) is 4.98 Å². The summed E-state index contributed by atoms with van der Waals surface area (Å²) in [5.41, 5.74) is 2.31. The molecule has 82 valence electrons. The molecule has 0 amide bonds. The number of hydrogen-bond acceptors (Lipinski definition) is 3. The molecule has 2 rings (SSSR count). The van der Waals surface area contributed by atoms with Crippen molar-refractivity contribution in [2.75, 3.05) is 5.32 Å². The van der Waals surface area contributed by atoms with Crippen LogP contribution < -0.4 is 5.32 Å². The number of pyridine rings is 2. The van der Waals surface area contributed by atoms with Gasteiger partial charge in [-0.25, -0.2) is 4.98 Å². The Kier molecular flexibility index (Phi) is 3.15. The van der Waals surface area contributed by atoms with E-state index in [2.05, 4.69) is 28.3 Å². The highest BCUT2D eigenvalue weighted by Crippen LogP contribution is 2.18. The molecule has 3 heteroatoms. The van der Waals surface area contributed by atoms with Crippen LogP contribution in [0.3, 0.4) is 0 Å². The quantitative estimate of drug-likeness (QED) is 0.851. The largest absolute Gasteiger partial charge is 0.363 e. The zero-order valence-electron chi connectivity index (χ0n) is 9.51. The SMILES string of the molecule is Cc1cccnc1NC(C)c1cccnc1. The summed E-state index contributed by atoms with van der Waals surface area (Å²) in [4.78, 5) is 8.42. The predicted octanol–water partition coefficient (Wildman–Crippen LogP) is 2.96. The van der Waals surface area contributed by atoms with Crippen LogP contribution in [0.1, 0.15) is 24.1 Å². The summed E-state index contributed by atoms with van der Waals surface area (Å²) < 4.78 is 0. The van der Waals surface area contributed by atoms with E-state index < -0.39 is 0 Å². The van der Waals surface area contributed by atoms with Crippen molar-refractivity contribution in [3.63, 3.8) is 0 Å². The van der Waals surface area contributed by atoms with Crippen LogP contribution in [-0.2, 0) is 0 Å². The summed E-state index contributed by atoms with van der Waals surface area (Å²) in [5, 5.41) is 3.38. The number of nitrogens with zero attached hydrogens (tertiary/aromatic N) is 2. The molecular weight excluding hydrogens is 198 g/mol. The van der Waals surface area contributed by atoms with Crippen LogP contribution in [0.4, 0.5) is 5.82 Å². The Morgan fingerprint density at radius 1 is 1.19 bits per heavy atom. The number of nitrogens with one attached hydrogen (secondary N) is 1. The topological polar surface area (TPSA) is 37.8 Å². The smallest absolute Gasteiger partial charge is 0.129 e. The van der Waals surface area contributed by atoms with Gasteiger partial charge >= 0.3 is 0 Å². The van der Waals surface area contributed by atoms with Crippen LogP contribution in [0, 0.1) is 6.92 Å². The predicted molar refractivity (Wildman–Crippen MR) is 65.2 cm³/mol. The Morgan fingerprint density at radius 3 is 2.69 bits per heavy atom. The minimum atomic E-state index is 0.210. The number of hydrogen-bond donors (Lipinski definition) is 1. The van der Waals surface area contributed by atoms with Gasteiger partial charge in [0, 0.05) is 18.6 Å². The molecule has 0 fully saturated rings. The van der Waals surface area contributed by atoms with Gasteiger partial charge in [0.05, 0.1) is 6.04 Å². The van der Waals surface area contributed by atoms with Gasteiger partial charge in [0.2, 0.25) is 0 Å². The molecule has 0 radical (unpaired) electrons. The summed E-state index contributed by atoms with van der Waals surface area (Å²) in [6.45, 7) is 4.15. The fourth-order valence-corrected chi connectivity index (χ4v) is 1.56. The first kappa shape index (κ1) is 10.6. The number of rotatable bonds is 3. The second-order valence-electron chi connectivity index (χ2n) is 3.82. The first-order chi connectivity index (χ1) is 7.77. The molecule has 1 unspecified atom stereocenters. The third kappa shape index (κ3) is 2.37. The molecule has 1 N–H and O–H groups in total. The van der Waals surface area contributed by atoms with Crippen molar-refractivity contribution in [2.45, 2.75) is 19.9 Å². The molecule has 2 aromatic rings. The van der Waals surface area contributed by atoms with Gasteiger partial charge < -0.3 is 5.32 Å². The first-order valence-corrected chi connectivity index (χ1v) is 5.35. The summed E-state index contributed by atoms with van der Waals surface area (Å²) in [5.74, 6) is 0.929. The van der Waals surface area contributed by atoms with Crippen molar-refractivity contribution in [3.05, 3.63) is 54.0 Å². The van der Waals surface area contributed by atoms with Crippen LogP contribution in [-0.4, -0.2) is 9.97 Å². The number of aromatic nitrogens is 2. The zero-order valence-corrected chi connectivity index (χ0v) is 9.51. The van der Waals surface area contributed by atoms with Gasteiger partial charge in [0.1, 0.15) is 5.82 Å². The Bertz CT molecular complexity index is 454. The molecule has 0 saturated heterocycles. The van der Waals surface area contributed by atoms with Crippen molar-refractivity contribution < 1.29 is 0 Å². The molecule has 0 saturated carbocycles. The maximum Gasteiger partial charge on any atom is 0.129 e. The van der Waals surface area contributed by atoms with Gasteiger partial charge in [-0.2, -0.15) is 0 Å². The van der Waals surface area contributed by atoms with E-state index in [9.17, 15) is 0 Å². The van der Waals surface area contributed by atoms with Gasteiger partial charge in [-0.15, -0.1) is 0 Å². The van der Waals surface area contributed by atoms with E-state index in [4.69, 9.17) is 0 Å². The van der Waals surface area contributed by atoms with Gasteiger partial charge in [0.15, 0.2) is 0 Å². The molecule has 0 aliphatic carbocycles. The van der Waals surface area contributed by atoms with Gasteiger partial charge in [0.25, 0.3) is 0 Å². The third-order valence-corrected chi connectivity index (χ3v) is 2.55. The molecule has 0 aliphatic rings. The summed E-state index contributed by atoms with van der Waals surface area (Å²) in [6.07, 6.45) is 5.45. The lowest BCUT2D eigenvalue weighted by Crippen LogP contribution is -2.09. The maximum atomic E-state index is 4.31. The van der Waals surface area contributed by atoms with Crippen molar-refractivity contribution in [1.29, 1.82) is 0 Å². The standard InChI is InChI=1S/C13H15N3/c1-10-5-3-8-15-13(10)16-11(2)12-6-4-7-14-9-12/h3-9,11H,1-2H3,(H,15,16). The van der Waals surface area contributed by atoms with E-state index in [1.54, 1.807) is 12.4 Å². The summed E-state index contributed by atoms with van der Waals surface area (Å²) in [6, 6.07) is 8.20. The molecule has 0 aliphatic heterocycles. The Labute approximate surface area is 95.6 Å². The molecular formula is C13H15N3. The average Bonchev–Trinajstić information content (AvgIpc) is 2.33. The normalized spacial score (nSPS) is 12.1. The molecule has 2 heterocycles. The molecule has 1 atom stereocenters. The van der Waals surface area contributed by atoms with E-state index in [1.165, 1.54) is 0 Å². The Morgan fingerprint density at radius 2 is 2.00 bits per heavy atom. The molecule has 3 nitrogen and oxygen atoms in total. The Balaban J connectivity index is 2.14. The molecule has 16 heavy (non-hydrogen) atoms. The minimum absolute atomic E-state index is 0.210.